The molecule has 0 aromatic rings. The van der Waals surface area contributed by atoms with Crippen LogP contribution in [0.3, 0.4) is 0 Å². The van der Waals surface area contributed by atoms with Gasteiger partial charge in [-0.05, 0) is 13.3 Å². The van der Waals surface area contributed by atoms with Gasteiger partial charge in [-0.1, -0.05) is 23.3 Å². The first-order valence-corrected chi connectivity index (χ1v) is 2.88. The Hall–Kier alpha value is -0.560. The molecule has 0 saturated carbocycles. The van der Waals surface area contributed by atoms with Gasteiger partial charge in [0, 0.05) is 6.54 Å². The minimum absolute atomic E-state index is 0.716. The third-order valence-electron chi connectivity index (χ3n) is 1.37. The standard InChI is InChI=1S/C7H11N/c1-6-2-3-7(4-6)5-8/h2-3H,4-5,8H2,1H3. The second-order valence-corrected chi connectivity index (χ2v) is 2.22. The van der Waals surface area contributed by atoms with E-state index in [1.807, 2.05) is 0 Å². The lowest BCUT2D eigenvalue weighted by Crippen LogP contribution is -2.00. The van der Waals surface area contributed by atoms with E-state index in [1.165, 1.54) is 11.1 Å². The zero-order chi connectivity index (χ0) is 5.98. The number of hydrogen-bond acceptors (Lipinski definition) is 1. The maximum atomic E-state index is 5.39. The molecule has 1 heteroatoms. The fourth-order valence-corrected chi connectivity index (χ4v) is 0.876. The van der Waals surface area contributed by atoms with E-state index in [1.54, 1.807) is 0 Å². The minimum atomic E-state index is 0.716. The van der Waals surface area contributed by atoms with E-state index in [4.69, 9.17) is 5.73 Å². The second-order valence-electron chi connectivity index (χ2n) is 2.22. The summed E-state index contributed by atoms with van der Waals surface area (Å²) in [6.45, 7) is 2.84. The van der Waals surface area contributed by atoms with E-state index in [9.17, 15) is 0 Å². The number of hydrogen-bond donors (Lipinski definition) is 1. The number of allylic oxidation sites excluding steroid dienone is 3. The average Bonchev–Trinajstić information content (AvgIpc) is 2.14. The molecule has 1 rings (SSSR count). The van der Waals surface area contributed by atoms with E-state index in [0.717, 1.165) is 6.42 Å². The van der Waals surface area contributed by atoms with Crippen molar-refractivity contribution in [2.24, 2.45) is 5.73 Å². The van der Waals surface area contributed by atoms with E-state index >= 15 is 0 Å². The highest BCUT2D eigenvalue weighted by molar-refractivity contribution is 5.29. The van der Waals surface area contributed by atoms with Gasteiger partial charge >= 0.3 is 0 Å². The van der Waals surface area contributed by atoms with Gasteiger partial charge in [-0.15, -0.1) is 0 Å². The molecule has 0 aliphatic heterocycles. The van der Waals surface area contributed by atoms with E-state index < -0.39 is 0 Å². The molecular weight excluding hydrogens is 98.1 g/mol. The summed E-state index contributed by atoms with van der Waals surface area (Å²) in [5.41, 5.74) is 8.17. The molecule has 0 aromatic heterocycles. The number of rotatable bonds is 1. The summed E-state index contributed by atoms with van der Waals surface area (Å²) in [6, 6.07) is 0. The van der Waals surface area contributed by atoms with Gasteiger partial charge in [0.25, 0.3) is 0 Å². The summed E-state index contributed by atoms with van der Waals surface area (Å²) in [5.74, 6) is 0. The van der Waals surface area contributed by atoms with E-state index in [0.29, 0.717) is 6.54 Å². The molecule has 0 spiro atoms. The third kappa shape index (κ3) is 0.984. The van der Waals surface area contributed by atoms with Crippen molar-refractivity contribution in [2.75, 3.05) is 6.54 Å². The molecule has 0 aromatic carbocycles. The van der Waals surface area contributed by atoms with Crippen molar-refractivity contribution < 1.29 is 0 Å². The van der Waals surface area contributed by atoms with Crippen LogP contribution in [-0.2, 0) is 0 Å². The highest BCUT2D eigenvalue weighted by Crippen LogP contribution is 2.15. The molecule has 2 N–H and O–H groups in total. The van der Waals surface area contributed by atoms with Crippen molar-refractivity contribution in [1.82, 2.24) is 0 Å². The fraction of sp³-hybridized carbons (Fsp3) is 0.429. The predicted octanol–water partition coefficient (Wildman–Crippen LogP) is 1.22. The molecule has 0 bridgehead atoms. The van der Waals surface area contributed by atoms with Gasteiger partial charge in [-0.3, -0.25) is 0 Å². The van der Waals surface area contributed by atoms with Crippen molar-refractivity contribution >= 4 is 0 Å². The summed E-state index contributed by atoms with van der Waals surface area (Å²) in [5, 5.41) is 0. The van der Waals surface area contributed by atoms with Crippen LogP contribution >= 0.6 is 0 Å². The lowest BCUT2D eigenvalue weighted by Gasteiger charge is -1.93. The van der Waals surface area contributed by atoms with Crippen LogP contribution in [0.1, 0.15) is 13.3 Å². The van der Waals surface area contributed by atoms with Crippen LogP contribution in [0.25, 0.3) is 0 Å². The smallest absolute Gasteiger partial charge is 0.0143 e. The van der Waals surface area contributed by atoms with Crippen LogP contribution < -0.4 is 5.73 Å². The molecule has 0 fully saturated rings. The zero-order valence-corrected chi connectivity index (χ0v) is 5.15. The van der Waals surface area contributed by atoms with Gasteiger partial charge in [0.05, 0.1) is 0 Å². The van der Waals surface area contributed by atoms with Gasteiger partial charge in [0.2, 0.25) is 0 Å². The van der Waals surface area contributed by atoms with Crippen molar-refractivity contribution in [3.8, 4) is 0 Å². The molecule has 0 radical (unpaired) electrons. The SMILES string of the molecule is CC1=CC=C(CN)C1. The van der Waals surface area contributed by atoms with Crippen LogP contribution in [0.2, 0.25) is 0 Å². The molecule has 0 saturated heterocycles. The van der Waals surface area contributed by atoms with E-state index in [-0.39, 0.29) is 0 Å². The first kappa shape index (κ1) is 5.57. The predicted molar refractivity (Wildman–Crippen MR) is 35.5 cm³/mol. The molecule has 1 nitrogen and oxygen atoms in total. The highest BCUT2D eigenvalue weighted by Gasteiger charge is 1.99. The fourth-order valence-electron chi connectivity index (χ4n) is 0.876. The van der Waals surface area contributed by atoms with Gasteiger partial charge < -0.3 is 5.73 Å². The van der Waals surface area contributed by atoms with Crippen molar-refractivity contribution in [3.63, 3.8) is 0 Å². The summed E-state index contributed by atoms with van der Waals surface area (Å²) in [4.78, 5) is 0. The van der Waals surface area contributed by atoms with Crippen LogP contribution in [0.5, 0.6) is 0 Å². The topological polar surface area (TPSA) is 26.0 Å². The lowest BCUT2D eigenvalue weighted by molar-refractivity contribution is 1.05. The maximum absolute atomic E-state index is 5.39. The molecule has 0 amide bonds. The molecule has 0 unspecified atom stereocenters. The number of nitrogens with two attached hydrogens (primary N) is 1. The Morgan fingerprint density at radius 2 is 2.38 bits per heavy atom. The van der Waals surface area contributed by atoms with Crippen molar-refractivity contribution in [1.29, 1.82) is 0 Å². The first-order valence-electron chi connectivity index (χ1n) is 2.88. The van der Waals surface area contributed by atoms with Gasteiger partial charge in [0.15, 0.2) is 0 Å². The van der Waals surface area contributed by atoms with Gasteiger partial charge in [-0.2, -0.15) is 0 Å². The summed E-state index contributed by atoms with van der Waals surface area (Å²) >= 11 is 0. The highest BCUT2D eigenvalue weighted by atomic mass is 14.5. The Morgan fingerprint density at radius 3 is 2.62 bits per heavy atom. The molecule has 1 aliphatic carbocycles. The van der Waals surface area contributed by atoms with E-state index in [2.05, 4.69) is 19.1 Å². The van der Waals surface area contributed by atoms with Crippen LogP contribution in [-0.4, -0.2) is 6.54 Å². The molecule has 0 heterocycles. The normalized spacial score (nSPS) is 18.2. The third-order valence-corrected chi connectivity index (χ3v) is 1.37. The van der Waals surface area contributed by atoms with Crippen molar-refractivity contribution in [2.45, 2.75) is 13.3 Å². The Labute approximate surface area is 49.9 Å². The minimum Gasteiger partial charge on any atom is -0.327 e. The van der Waals surface area contributed by atoms with Gasteiger partial charge in [0.1, 0.15) is 0 Å². The monoisotopic (exact) mass is 109 g/mol. The lowest BCUT2D eigenvalue weighted by atomic mass is 10.2. The maximum Gasteiger partial charge on any atom is 0.0143 e. The largest absolute Gasteiger partial charge is 0.327 e. The summed E-state index contributed by atoms with van der Waals surface area (Å²) in [7, 11) is 0. The zero-order valence-electron chi connectivity index (χ0n) is 5.15. The van der Waals surface area contributed by atoms with Gasteiger partial charge in [-0.25, -0.2) is 0 Å². The summed E-state index contributed by atoms with van der Waals surface area (Å²) in [6.07, 6.45) is 5.33. The first-order chi connectivity index (χ1) is 3.83. The summed E-state index contributed by atoms with van der Waals surface area (Å²) < 4.78 is 0. The quantitative estimate of drug-likeness (QED) is 0.538. The van der Waals surface area contributed by atoms with Crippen LogP contribution in [0.15, 0.2) is 23.3 Å². The van der Waals surface area contributed by atoms with Crippen LogP contribution in [0.4, 0.5) is 0 Å². The molecule has 0 atom stereocenters. The Balaban J connectivity index is 2.49. The molecule has 1 aliphatic rings. The Bertz CT molecular complexity index is 142. The van der Waals surface area contributed by atoms with Crippen molar-refractivity contribution in [3.05, 3.63) is 23.3 Å². The average molecular weight is 109 g/mol. The van der Waals surface area contributed by atoms with Crippen LogP contribution in [0, 0.1) is 0 Å². The molecule has 44 valence electrons. The Morgan fingerprint density at radius 1 is 1.62 bits per heavy atom. The molecule has 8 heavy (non-hydrogen) atoms. The second kappa shape index (κ2) is 2.14. The Kier molecular flexibility index (Phi) is 1.49. The molecular formula is C7H11N.